The second-order valence-electron chi connectivity index (χ2n) is 9.00. The first-order valence-electron chi connectivity index (χ1n) is 10.6. The highest BCUT2D eigenvalue weighted by Gasteiger charge is 2.54. The maximum absolute atomic E-state index is 13.4. The maximum atomic E-state index is 13.4. The summed E-state index contributed by atoms with van der Waals surface area (Å²) in [6.45, 7) is 6.94. The van der Waals surface area contributed by atoms with E-state index in [1.54, 1.807) is 76.2 Å². The van der Waals surface area contributed by atoms with Crippen molar-refractivity contribution in [2.75, 3.05) is 12.0 Å². The molecule has 1 aliphatic heterocycles. The first kappa shape index (κ1) is 22.4. The Morgan fingerprint density at radius 2 is 1.73 bits per heavy atom. The number of benzene rings is 2. The lowest BCUT2D eigenvalue weighted by Crippen LogP contribution is -2.36. The van der Waals surface area contributed by atoms with Crippen LogP contribution in [0.1, 0.15) is 38.3 Å². The van der Waals surface area contributed by atoms with Crippen molar-refractivity contribution in [2.45, 2.75) is 33.7 Å². The molecule has 0 spiro atoms. The number of nitrogens with zero attached hydrogens (tertiary/aromatic N) is 3. The van der Waals surface area contributed by atoms with Crippen molar-refractivity contribution in [3.05, 3.63) is 60.0 Å². The van der Waals surface area contributed by atoms with Crippen LogP contribution in [-0.2, 0) is 14.4 Å². The highest BCUT2D eigenvalue weighted by atomic mass is 16.5. The molecule has 8 nitrogen and oxygen atoms in total. The van der Waals surface area contributed by atoms with Gasteiger partial charge in [0, 0.05) is 29.2 Å². The monoisotopic (exact) mass is 447 g/mol. The summed E-state index contributed by atoms with van der Waals surface area (Å²) in [5, 5.41) is 3.91. The average molecular weight is 447 g/mol. The zero-order valence-corrected chi connectivity index (χ0v) is 19.2. The van der Waals surface area contributed by atoms with Gasteiger partial charge in [-0.05, 0) is 30.3 Å². The predicted octanol–water partition coefficient (Wildman–Crippen LogP) is 3.94. The molecule has 1 aromatic heterocycles. The van der Waals surface area contributed by atoms with Crippen LogP contribution in [0.4, 0.5) is 5.69 Å². The van der Waals surface area contributed by atoms with Gasteiger partial charge in [0.15, 0.2) is 5.78 Å². The number of para-hydroxylation sites is 1. The molecule has 8 heteroatoms. The van der Waals surface area contributed by atoms with Crippen molar-refractivity contribution in [1.29, 1.82) is 0 Å². The third-order valence-electron chi connectivity index (χ3n) is 5.72. The van der Waals surface area contributed by atoms with Gasteiger partial charge in [0.1, 0.15) is 11.7 Å². The normalized spacial score (nSPS) is 18.6. The number of Topliss-reactive ketones (excluding diaryl/α,β-unsaturated/α-hetero) is 2. The van der Waals surface area contributed by atoms with E-state index < -0.39 is 29.1 Å². The molecule has 2 atom stereocenters. The Balaban J connectivity index is 1.83. The lowest BCUT2D eigenvalue weighted by atomic mass is 9.77. The number of aryl methyl sites for hydroxylation is 1. The van der Waals surface area contributed by atoms with Crippen LogP contribution < -0.4 is 9.64 Å². The van der Waals surface area contributed by atoms with Gasteiger partial charge in [-0.3, -0.25) is 19.3 Å². The van der Waals surface area contributed by atoms with Crippen molar-refractivity contribution >= 4 is 23.2 Å². The van der Waals surface area contributed by atoms with E-state index in [4.69, 9.17) is 9.26 Å². The first-order valence-corrected chi connectivity index (χ1v) is 10.6. The minimum absolute atomic E-state index is 0.293. The van der Waals surface area contributed by atoms with Crippen LogP contribution in [0, 0.1) is 18.3 Å². The molecule has 170 valence electrons. The highest BCUT2D eigenvalue weighted by Crippen LogP contribution is 2.45. The molecule has 1 amide bonds. The maximum Gasteiger partial charge on any atom is 0.295 e. The number of aromatic nitrogens is 2. The van der Waals surface area contributed by atoms with E-state index in [0.29, 0.717) is 34.3 Å². The minimum atomic E-state index is -1.15. The average Bonchev–Trinajstić information content (AvgIpc) is 3.34. The van der Waals surface area contributed by atoms with Crippen LogP contribution in [0.3, 0.4) is 0 Å². The summed E-state index contributed by atoms with van der Waals surface area (Å²) in [4.78, 5) is 45.4. The number of hydrogen-bond acceptors (Lipinski definition) is 7. The highest BCUT2D eigenvalue weighted by molar-refractivity contribution is 6.48. The second-order valence-corrected chi connectivity index (χ2v) is 9.00. The van der Waals surface area contributed by atoms with E-state index in [2.05, 4.69) is 10.1 Å². The quantitative estimate of drug-likeness (QED) is 0.431. The summed E-state index contributed by atoms with van der Waals surface area (Å²) in [6.07, 6.45) is 0. The number of carbonyl (C=O) groups excluding carboxylic acids is 3. The smallest absolute Gasteiger partial charge is 0.295 e. The number of anilines is 1. The summed E-state index contributed by atoms with van der Waals surface area (Å²) in [5.74, 6) is -1.52. The second kappa shape index (κ2) is 8.27. The van der Waals surface area contributed by atoms with E-state index in [-0.39, 0.29) is 5.78 Å². The molecule has 0 radical (unpaired) electrons. The van der Waals surface area contributed by atoms with Crippen molar-refractivity contribution in [3.8, 4) is 17.1 Å². The van der Waals surface area contributed by atoms with Gasteiger partial charge in [-0.15, -0.1) is 0 Å². The molecule has 0 saturated carbocycles. The minimum Gasteiger partial charge on any atom is -0.496 e. The van der Waals surface area contributed by atoms with Gasteiger partial charge in [-0.1, -0.05) is 44.1 Å². The molecule has 33 heavy (non-hydrogen) atoms. The Labute approximate surface area is 191 Å². The van der Waals surface area contributed by atoms with Crippen LogP contribution in [0.5, 0.6) is 5.75 Å². The van der Waals surface area contributed by atoms with Crippen LogP contribution in [-0.4, -0.2) is 34.7 Å². The summed E-state index contributed by atoms with van der Waals surface area (Å²) in [6, 6.07) is 13.2. The summed E-state index contributed by atoms with van der Waals surface area (Å²) < 4.78 is 10.5. The number of methoxy groups -OCH3 is 1. The molecule has 2 aromatic carbocycles. The molecule has 0 bridgehead atoms. The first-order chi connectivity index (χ1) is 15.6. The van der Waals surface area contributed by atoms with Crippen LogP contribution in [0.25, 0.3) is 11.4 Å². The lowest BCUT2D eigenvalue weighted by Gasteiger charge is -2.30. The van der Waals surface area contributed by atoms with Gasteiger partial charge >= 0.3 is 0 Å². The van der Waals surface area contributed by atoms with Crippen LogP contribution in [0.15, 0.2) is 53.1 Å². The summed E-state index contributed by atoms with van der Waals surface area (Å²) in [7, 11) is 1.52. The van der Waals surface area contributed by atoms with Crippen LogP contribution >= 0.6 is 0 Å². The molecule has 1 fully saturated rings. The SMILES string of the molecule is COc1ccccc1C1C(C(=O)C(C)(C)C)C(=O)C(=O)N1c1ccc(-c2noc(C)n2)cc1. The topological polar surface area (TPSA) is 103 Å². The Morgan fingerprint density at radius 3 is 2.30 bits per heavy atom. The zero-order valence-electron chi connectivity index (χ0n) is 19.2. The van der Waals surface area contributed by atoms with E-state index in [0.717, 1.165) is 0 Å². The van der Waals surface area contributed by atoms with Gasteiger partial charge in [-0.25, -0.2) is 0 Å². The Hall–Kier alpha value is -3.81. The van der Waals surface area contributed by atoms with Gasteiger partial charge in [0.05, 0.1) is 13.2 Å². The fourth-order valence-corrected chi connectivity index (χ4v) is 4.09. The third-order valence-corrected chi connectivity index (χ3v) is 5.72. The molecule has 2 unspecified atom stereocenters. The molecule has 0 aliphatic carbocycles. The van der Waals surface area contributed by atoms with Crippen LogP contribution in [0.2, 0.25) is 0 Å². The molecular weight excluding hydrogens is 422 g/mol. The number of rotatable bonds is 5. The molecule has 0 N–H and O–H groups in total. The fraction of sp³-hybridized carbons (Fsp3) is 0.320. The number of ketones is 2. The Kier molecular flexibility index (Phi) is 5.61. The zero-order chi connectivity index (χ0) is 23.9. The standard InChI is InChI=1S/C25H25N3O5/c1-14-26-23(27-33-14)15-10-12-16(13-11-15)28-20(17-8-6-7-9-18(17)32-5)19(21(29)24(28)31)22(30)25(2,3)4/h6-13,19-20H,1-5H3. The molecule has 1 aliphatic rings. The molecule has 1 saturated heterocycles. The van der Waals surface area contributed by atoms with E-state index in [9.17, 15) is 14.4 Å². The Bertz CT molecular complexity index is 1220. The van der Waals surface area contributed by atoms with Crippen molar-refractivity contribution in [3.63, 3.8) is 0 Å². The molecular formula is C25H25N3O5. The van der Waals surface area contributed by atoms with Gasteiger partial charge in [0.25, 0.3) is 5.91 Å². The molecule has 2 heterocycles. The summed E-state index contributed by atoms with van der Waals surface area (Å²) >= 11 is 0. The number of amides is 1. The number of ether oxygens (including phenoxy) is 1. The largest absolute Gasteiger partial charge is 0.496 e. The van der Waals surface area contributed by atoms with Crippen molar-refractivity contribution in [2.24, 2.45) is 11.3 Å². The fourth-order valence-electron chi connectivity index (χ4n) is 4.09. The summed E-state index contributed by atoms with van der Waals surface area (Å²) in [5.41, 5.74) is 0.971. The van der Waals surface area contributed by atoms with Gasteiger partial charge in [-0.2, -0.15) is 4.98 Å². The molecule has 3 aromatic rings. The van der Waals surface area contributed by atoms with Crippen molar-refractivity contribution in [1.82, 2.24) is 10.1 Å². The van der Waals surface area contributed by atoms with E-state index in [1.165, 1.54) is 12.0 Å². The van der Waals surface area contributed by atoms with Crippen molar-refractivity contribution < 1.29 is 23.6 Å². The van der Waals surface area contributed by atoms with Gasteiger partial charge in [0.2, 0.25) is 17.5 Å². The van der Waals surface area contributed by atoms with Gasteiger partial charge < -0.3 is 9.26 Å². The van der Waals surface area contributed by atoms with E-state index in [1.807, 2.05) is 0 Å². The lowest BCUT2D eigenvalue weighted by molar-refractivity contribution is -0.141. The number of hydrogen-bond donors (Lipinski definition) is 0. The van der Waals surface area contributed by atoms with E-state index >= 15 is 0 Å². The number of carbonyl (C=O) groups is 3. The predicted molar refractivity (Wildman–Crippen MR) is 121 cm³/mol. The Morgan fingerprint density at radius 1 is 1.06 bits per heavy atom. The third kappa shape index (κ3) is 3.92. The molecule has 4 rings (SSSR count).